The molecule has 5 heteroatoms. The molecule has 4 aromatic rings. The summed E-state index contributed by atoms with van der Waals surface area (Å²) in [5.41, 5.74) is 5.77. The number of rotatable bonds is 8. The number of nitrogens with zero attached hydrogens (tertiary/aromatic N) is 2. The van der Waals surface area contributed by atoms with Crippen LogP contribution in [0.5, 0.6) is 0 Å². The first-order chi connectivity index (χ1) is 21.2. The Morgan fingerprint density at radius 2 is 1.62 bits per heavy atom. The number of hydrogen-bond acceptors (Lipinski definition) is 4. The van der Waals surface area contributed by atoms with Crippen molar-refractivity contribution in [3.63, 3.8) is 0 Å². The molecule has 2 aromatic carbocycles. The van der Waals surface area contributed by atoms with Gasteiger partial charge in [-0.2, -0.15) is 0 Å². The van der Waals surface area contributed by atoms with Crippen LogP contribution < -0.4 is 0 Å². The summed E-state index contributed by atoms with van der Waals surface area (Å²) >= 11 is 0. The summed E-state index contributed by atoms with van der Waals surface area (Å²) in [5, 5.41) is 14.6. The SMILES string of the molecule is CC1(C)c2cc3ccccc3[c-]c2-c2nccc3cc(C4CCCCC4)nc1c23.CCC(CC)C(=O)/C=C(\O)C(CC)CC.[Ir]. The van der Waals surface area contributed by atoms with Gasteiger partial charge in [0, 0.05) is 72.6 Å². The topological polar surface area (TPSA) is 63.1 Å². The Morgan fingerprint density at radius 3 is 2.29 bits per heavy atom. The number of allylic oxidation sites excluding steroid dienone is 2. The van der Waals surface area contributed by atoms with Crippen molar-refractivity contribution in [2.75, 3.05) is 0 Å². The smallest absolute Gasteiger partial charge is 0.162 e. The minimum absolute atomic E-state index is 0. The van der Waals surface area contributed by atoms with Gasteiger partial charge in [0.2, 0.25) is 0 Å². The first-order valence-corrected chi connectivity index (χ1v) is 16.9. The molecule has 45 heavy (non-hydrogen) atoms. The van der Waals surface area contributed by atoms with E-state index in [9.17, 15) is 9.90 Å². The number of carbonyl (C=O) groups is 1. The Labute approximate surface area is 283 Å². The second-order valence-corrected chi connectivity index (χ2v) is 13.3. The van der Waals surface area contributed by atoms with Crippen LogP contribution in [-0.2, 0) is 30.3 Å². The van der Waals surface area contributed by atoms with Crippen molar-refractivity contribution in [1.29, 1.82) is 0 Å². The summed E-state index contributed by atoms with van der Waals surface area (Å²) in [6.07, 6.45) is 13.4. The van der Waals surface area contributed by atoms with Crippen LogP contribution in [-0.4, -0.2) is 20.9 Å². The number of carbonyl (C=O) groups excluding carboxylic acids is 1. The summed E-state index contributed by atoms with van der Waals surface area (Å²) in [5.74, 6) is 1.15. The van der Waals surface area contributed by atoms with Gasteiger partial charge in [0.15, 0.2) is 5.78 Å². The van der Waals surface area contributed by atoms with Crippen molar-refractivity contribution in [2.45, 2.75) is 111 Å². The molecule has 1 saturated carbocycles. The fourth-order valence-corrected chi connectivity index (χ4v) is 7.22. The number of fused-ring (bicyclic) bond motifs is 3. The Morgan fingerprint density at radius 1 is 0.956 bits per heavy atom. The zero-order valence-electron chi connectivity index (χ0n) is 27.9. The molecule has 0 atom stereocenters. The van der Waals surface area contributed by atoms with Gasteiger partial charge in [-0.3, -0.25) is 14.8 Å². The summed E-state index contributed by atoms with van der Waals surface area (Å²) in [6, 6.07) is 19.0. The van der Waals surface area contributed by atoms with Crippen LogP contribution in [0.15, 0.2) is 60.5 Å². The zero-order chi connectivity index (χ0) is 31.4. The van der Waals surface area contributed by atoms with E-state index < -0.39 is 0 Å². The predicted molar refractivity (Wildman–Crippen MR) is 183 cm³/mol. The number of pyridine rings is 2. The summed E-state index contributed by atoms with van der Waals surface area (Å²) in [6.45, 7) is 12.7. The molecule has 1 fully saturated rings. The van der Waals surface area contributed by atoms with Crippen molar-refractivity contribution < 1.29 is 30.0 Å². The van der Waals surface area contributed by atoms with Gasteiger partial charge in [-0.15, -0.1) is 23.6 Å². The first kappa shape index (κ1) is 35.0. The molecule has 0 aliphatic heterocycles. The predicted octanol–water partition coefficient (Wildman–Crippen LogP) is 10.8. The van der Waals surface area contributed by atoms with E-state index >= 15 is 0 Å². The van der Waals surface area contributed by atoms with Crippen LogP contribution in [0.25, 0.3) is 32.8 Å². The Kier molecular flexibility index (Phi) is 11.8. The second-order valence-electron chi connectivity index (χ2n) is 13.3. The van der Waals surface area contributed by atoms with Crippen LogP contribution in [0.2, 0.25) is 0 Å². The molecule has 4 nitrogen and oxygen atoms in total. The third-order valence-electron chi connectivity index (χ3n) is 10.2. The molecule has 2 aliphatic rings. The van der Waals surface area contributed by atoms with E-state index in [0.717, 1.165) is 42.3 Å². The van der Waals surface area contributed by atoms with Gasteiger partial charge in [-0.1, -0.05) is 95.5 Å². The van der Waals surface area contributed by atoms with E-state index in [1.54, 1.807) is 0 Å². The summed E-state index contributed by atoms with van der Waals surface area (Å²) < 4.78 is 0. The average Bonchev–Trinajstić information content (AvgIpc) is 3.04. The Hall–Kier alpha value is -2.88. The van der Waals surface area contributed by atoms with E-state index in [2.05, 4.69) is 62.4 Å². The van der Waals surface area contributed by atoms with E-state index in [-0.39, 0.29) is 48.9 Å². The van der Waals surface area contributed by atoms with Gasteiger partial charge >= 0.3 is 0 Å². The molecule has 1 N–H and O–H groups in total. The van der Waals surface area contributed by atoms with Gasteiger partial charge < -0.3 is 5.11 Å². The second kappa shape index (κ2) is 15.1. The van der Waals surface area contributed by atoms with Crippen molar-refractivity contribution in [3.8, 4) is 11.3 Å². The number of aliphatic hydroxyl groups excluding tert-OH is 1. The number of benzene rings is 2. The largest absolute Gasteiger partial charge is 0.512 e. The number of ketones is 1. The molecule has 0 bridgehead atoms. The fourth-order valence-electron chi connectivity index (χ4n) is 7.22. The maximum absolute atomic E-state index is 11.7. The first-order valence-electron chi connectivity index (χ1n) is 16.9. The molecule has 0 spiro atoms. The third kappa shape index (κ3) is 7.10. The molecular formula is C40H49IrN2O2-. The van der Waals surface area contributed by atoms with Crippen LogP contribution in [0, 0.1) is 17.9 Å². The van der Waals surface area contributed by atoms with Gasteiger partial charge in [0.05, 0.1) is 5.76 Å². The maximum atomic E-state index is 11.7. The van der Waals surface area contributed by atoms with Crippen LogP contribution >= 0.6 is 0 Å². The van der Waals surface area contributed by atoms with Gasteiger partial charge in [0.25, 0.3) is 0 Å². The monoisotopic (exact) mass is 782 g/mol. The van der Waals surface area contributed by atoms with E-state index in [1.165, 1.54) is 71.3 Å². The van der Waals surface area contributed by atoms with Gasteiger partial charge in [-0.25, -0.2) is 0 Å². The molecule has 0 unspecified atom stereocenters. The molecule has 1 radical (unpaired) electrons. The van der Waals surface area contributed by atoms with E-state index in [0.29, 0.717) is 5.92 Å². The molecule has 2 aliphatic carbocycles. The molecule has 6 rings (SSSR count). The molecule has 2 heterocycles. The minimum Gasteiger partial charge on any atom is -0.512 e. The number of aromatic nitrogens is 2. The van der Waals surface area contributed by atoms with Gasteiger partial charge in [-0.05, 0) is 61.4 Å². The minimum atomic E-state index is -0.172. The molecule has 241 valence electrons. The Bertz CT molecular complexity index is 1660. The fraction of sp³-hybridized carbons (Fsp3) is 0.475. The van der Waals surface area contributed by atoms with Crippen LogP contribution in [0.4, 0.5) is 0 Å². The third-order valence-corrected chi connectivity index (χ3v) is 10.2. The summed E-state index contributed by atoms with van der Waals surface area (Å²) in [4.78, 5) is 21.9. The van der Waals surface area contributed by atoms with Crippen molar-refractivity contribution in [1.82, 2.24) is 9.97 Å². The van der Waals surface area contributed by atoms with Crippen molar-refractivity contribution in [3.05, 3.63) is 83.5 Å². The molecule has 0 amide bonds. The summed E-state index contributed by atoms with van der Waals surface area (Å²) in [7, 11) is 0. The number of aliphatic hydroxyl groups is 1. The quantitative estimate of drug-likeness (QED) is 0.110. The standard InChI is InChI=1S/C27H25N2.C13H24O2.Ir/c1-27(2)22-15-19-11-7-6-10-18(19)14-21(22)25-24-20(12-13-28-25)16-23(29-26(24)27)17-8-4-3-5-9-17;1-5-10(6-2)12(14)9-13(15)11(7-3)8-4;/h6-7,10-13,15-17H,3-5,8-9H2,1-2H3;9-11,14H,5-8H2,1-4H3;/q-1;;/b;12-9-;. The average molecular weight is 782 g/mol. The van der Waals surface area contributed by atoms with E-state index in [1.807, 2.05) is 33.9 Å². The molecule has 0 saturated heterocycles. The van der Waals surface area contributed by atoms with Crippen molar-refractivity contribution >= 4 is 27.3 Å². The number of hydrogen-bond donors (Lipinski definition) is 1. The van der Waals surface area contributed by atoms with Crippen LogP contribution in [0.1, 0.15) is 122 Å². The normalized spacial score (nSPS) is 15.9. The van der Waals surface area contributed by atoms with Crippen molar-refractivity contribution in [2.24, 2.45) is 11.8 Å². The molecular weight excluding hydrogens is 733 g/mol. The van der Waals surface area contributed by atoms with Crippen LogP contribution in [0.3, 0.4) is 0 Å². The Balaban J connectivity index is 0.000000249. The molecule has 2 aromatic heterocycles. The van der Waals surface area contributed by atoms with E-state index in [4.69, 9.17) is 9.97 Å². The van der Waals surface area contributed by atoms with Gasteiger partial charge in [0.1, 0.15) is 0 Å². The zero-order valence-corrected chi connectivity index (χ0v) is 30.3. The maximum Gasteiger partial charge on any atom is 0.162 e.